The summed E-state index contributed by atoms with van der Waals surface area (Å²) in [5, 5.41) is 0. The summed E-state index contributed by atoms with van der Waals surface area (Å²) in [6, 6.07) is 0. The van der Waals surface area contributed by atoms with Gasteiger partial charge in [-0.1, -0.05) is 6.08 Å². The van der Waals surface area contributed by atoms with Crippen LogP contribution in [0, 0.1) is 5.92 Å². The monoisotopic (exact) mass is 174 g/mol. The fourth-order valence-corrected chi connectivity index (χ4v) is 3.29. The van der Waals surface area contributed by atoms with Gasteiger partial charge in [0.25, 0.3) is 0 Å². The van der Waals surface area contributed by atoms with E-state index in [0.29, 0.717) is 5.75 Å². The largest absolute Gasteiger partial charge is 0.228 e. The van der Waals surface area contributed by atoms with Crippen LogP contribution in [0.2, 0.25) is 0 Å². The highest BCUT2D eigenvalue weighted by atomic mass is 32.2. The predicted molar refractivity (Wildman–Crippen MR) is 46.2 cm³/mol. The first-order valence-electron chi connectivity index (χ1n) is 3.76. The van der Waals surface area contributed by atoms with Crippen molar-refractivity contribution in [2.24, 2.45) is 5.92 Å². The molecule has 0 aromatic carbocycles. The molecule has 1 saturated heterocycles. The lowest BCUT2D eigenvalue weighted by Crippen LogP contribution is -2.32. The minimum absolute atomic E-state index is 0.132. The number of sulfone groups is 1. The third-order valence-electron chi connectivity index (χ3n) is 2.68. The molecule has 0 aliphatic carbocycles. The Morgan fingerprint density at radius 3 is 2.27 bits per heavy atom. The summed E-state index contributed by atoms with van der Waals surface area (Å²) < 4.78 is 22.2. The zero-order chi connectivity index (χ0) is 8.70. The van der Waals surface area contributed by atoms with Gasteiger partial charge in [0, 0.05) is 0 Å². The molecule has 1 rings (SSSR count). The highest BCUT2D eigenvalue weighted by Gasteiger charge is 2.45. The van der Waals surface area contributed by atoms with Crippen LogP contribution in [-0.4, -0.2) is 18.9 Å². The second-order valence-electron chi connectivity index (χ2n) is 3.55. The molecule has 0 bridgehead atoms. The molecule has 0 radical (unpaired) electrons. The Balaban J connectivity index is 3.09. The van der Waals surface area contributed by atoms with Gasteiger partial charge >= 0.3 is 0 Å². The zero-order valence-electron chi connectivity index (χ0n) is 7.00. The third-order valence-corrected chi connectivity index (χ3v) is 5.36. The molecular weight excluding hydrogens is 160 g/mol. The minimum atomic E-state index is -2.86. The molecule has 11 heavy (non-hydrogen) atoms. The van der Waals surface area contributed by atoms with Crippen LogP contribution in [0.15, 0.2) is 12.7 Å². The first-order chi connectivity index (χ1) is 4.92. The van der Waals surface area contributed by atoms with Crippen molar-refractivity contribution in [3.05, 3.63) is 12.7 Å². The van der Waals surface area contributed by atoms with Crippen molar-refractivity contribution < 1.29 is 8.42 Å². The average Bonchev–Trinajstić information content (AvgIpc) is 2.05. The Labute approximate surface area is 68.2 Å². The molecular formula is C8H14O2S. The van der Waals surface area contributed by atoms with Crippen LogP contribution in [0.4, 0.5) is 0 Å². The summed E-state index contributed by atoms with van der Waals surface area (Å²) in [4.78, 5) is 0. The van der Waals surface area contributed by atoms with Gasteiger partial charge < -0.3 is 0 Å². The fraction of sp³-hybridized carbons (Fsp3) is 0.750. The minimum Gasteiger partial charge on any atom is -0.228 e. The van der Waals surface area contributed by atoms with Gasteiger partial charge in [-0.15, -0.1) is 6.58 Å². The van der Waals surface area contributed by atoms with E-state index in [1.54, 1.807) is 19.9 Å². The van der Waals surface area contributed by atoms with Crippen molar-refractivity contribution in [2.45, 2.75) is 25.0 Å². The molecule has 0 spiro atoms. The Morgan fingerprint density at radius 2 is 2.09 bits per heavy atom. The Morgan fingerprint density at radius 1 is 1.55 bits per heavy atom. The van der Waals surface area contributed by atoms with Crippen LogP contribution >= 0.6 is 0 Å². The molecule has 2 nitrogen and oxygen atoms in total. The van der Waals surface area contributed by atoms with E-state index in [4.69, 9.17) is 0 Å². The molecule has 0 amide bonds. The summed E-state index contributed by atoms with van der Waals surface area (Å²) >= 11 is 0. The van der Waals surface area contributed by atoms with Crippen molar-refractivity contribution in [1.82, 2.24) is 0 Å². The molecule has 0 N–H and O–H groups in total. The van der Waals surface area contributed by atoms with Gasteiger partial charge in [0.2, 0.25) is 0 Å². The SMILES string of the molecule is C=CC1CCS(=O)(=O)C1(C)C. The summed E-state index contributed by atoms with van der Waals surface area (Å²) in [7, 11) is -2.86. The first-order valence-corrected chi connectivity index (χ1v) is 5.42. The van der Waals surface area contributed by atoms with Gasteiger partial charge in [-0.3, -0.25) is 0 Å². The molecule has 64 valence electrons. The van der Waals surface area contributed by atoms with Crippen LogP contribution in [0.1, 0.15) is 20.3 Å². The van der Waals surface area contributed by atoms with Crippen molar-refractivity contribution in [2.75, 3.05) is 5.75 Å². The maximum Gasteiger partial charge on any atom is 0.156 e. The lowest BCUT2D eigenvalue weighted by atomic mass is 9.93. The van der Waals surface area contributed by atoms with Gasteiger partial charge in [-0.2, -0.15) is 0 Å². The van der Waals surface area contributed by atoms with E-state index < -0.39 is 14.6 Å². The zero-order valence-corrected chi connectivity index (χ0v) is 7.82. The molecule has 1 unspecified atom stereocenters. The molecule has 1 atom stereocenters. The number of allylic oxidation sites excluding steroid dienone is 1. The van der Waals surface area contributed by atoms with Crippen molar-refractivity contribution in [3.63, 3.8) is 0 Å². The van der Waals surface area contributed by atoms with E-state index >= 15 is 0 Å². The summed E-state index contributed by atoms with van der Waals surface area (Å²) in [5.74, 6) is 0.448. The van der Waals surface area contributed by atoms with Crippen molar-refractivity contribution in [3.8, 4) is 0 Å². The van der Waals surface area contributed by atoms with Gasteiger partial charge in [0.1, 0.15) is 0 Å². The lowest BCUT2D eigenvalue weighted by molar-refractivity contribution is 0.496. The highest BCUT2D eigenvalue weighted by Crippen LogP contribution is 2.37. The number of hydrogen-bond acceptors (Lipinski definition) is 2. The molecule has 3 heteroatoms. The number of rotatable bonds is 1. The maximum atomic E-state index is 11.4. The summed E-state index contributed by atoms with van der Waals surface area (Å²) in [6.07, 6.45) is 2.49. The molecule has 0 aromatic rings. The van der Waals surface area contributed by atoms with Gasteiger partial charge in [-0.25, -0.2) is 8.42 Å². The van der Waals surface area contributed by atoms with Crippen LogP contribution in [0.25, 0.3) is 0 Å². The molecule has 1 aliphatic heterocycles. The average molecular weight is 174 g/mol. The summed E-state index contributed by atoms with van der Waals surface area (Å²) in [5.41, 5.74) is 0. The van der Waals surface area contributed by atoms with Crippen LogP contribution in [0.3, 0.4) is 0 Å². The van der Waals surface area contributed by atoms with E-state index in [0.717, 1.165) is 6.42 Å². The highest BCUT2D eigenvalue weighted by molar-refractivity contribution is 7.93. The molecule has 1 aliphatic rings. The first kappa shape index (κ1) is 8.78. The number of hydrogen-bond donors (Lipinski definition) is 0. The lowest BCUT2D eigenvalue weighted by Gasteiger charge is -2.22. The smallest absolute Gasteiger partial charge is 0.156 e. The molecule has 0 aromatic heterocycles. The molecule has 1 fully saturated rings. The van der Waals surface area contributed by atoms with E-state index in [1.807, 2.05) is 0 Å². The van der Waals surface area contributed by atoms with Crippen molar-refractivity contribution >= 4 is 9.84 Å². The Bertz CT molecular complexity index is 262. The van der Waals surface area contributed by atoms with Gasteiger partial charge in [-0.05, 0) is 26.2 Å². The molecule has 0 saturated carbocycles. The Kier molecular flexibility index (Phi) is 1.87. The maximum absolute atomic E-state index is 11.4. The van der Waals surface area contributed by atoms with Crippen LogP contribution < -0.4 is 0 Å². The van der Waals surface area contributed by atoms with E-state index in [-0.39, 0.29) is 5.92 Å². The predicted octanol–water partition coefficient (Wildman–Crippen LogP) is 1.39. The fourth-order valence-electron chi connectivity index (χ4n) is 1.53. The van der Waals surface area contributed by atoms with E-state index in [9.17, 15) is 8.42 Å². The molecule has 1 heterocycles. The normalized spacial score (nSPS) is 33.5. The van der Waals surface area contributed by atoms with Gasteiger partial charge in [0.15, 0.2) is 9.84 Å². The Hall–Kier alpha value is -0.310. The second-order valence-corrected chi connectivity index (χ2v) is 6.24. The second kappa shape index (κ2) is 2.34. The topological polar surface area (TPSA) is 34.1 Å². The van der Waals surface area contributed by atoms with E-state index in [2.05, 4.69) is 6.58 Å². The standard InChI is InChI=1S/C8H14O2S/c1-4-7-5-6-11(9,10)8(7,2)3/h4,7H,1,5-6H2,2-3H3. The quantitative estimate of drug-likeness (QED) is 0.563. The van der Waals surface area contributed by atoms with Crippen LogP contribution in [-0.2, 0) is 9.84 Å². The van der Waals surface area contributed by atoms with E-state index in [1.165, 1.54) is 0 Å². The third kappa shape index (κ3) is 1.11. The van der Waals surface area contributed by atoms with Gasteiger partial charge in [0.05, 0.1) is 10.5 Å². The summed E-state index contributed by atoms with van der Waals surface area (Å²) in [6.45, 7) is 7.20. The van der Waals surface area contributed by atoms with Crippen LogP contribution in [0.5, 0.6) is 0 Å². The van der Waals surface area contributed by atoms with Crippen molar-refractivity contribution in [1.29, 1.82) is 0 Å².